The van der Waals surface area contributed by atoms with Crippen molar-refractivity contribution in [2.24, 2.45) is 5.73 Å². The normalized spacial score (nSPS) is 18.4. The molecule has 0 bridgehead atoms. The molecule has 0 unspecified atom stereocenters. The number of nitrogens with two attached hydrogens (primary N) is 1. The zero-order chi connectivity index (χ0) is 13.4. The highest BCUT2D eigenvalue weighted by atomic mass is 32.2. The topological polar surface area (TPSA) is 72.6 Å². The Labute approximate surface area is 111 Å². The third kappa shape index (κ3) is 4.84. The van der Waals surface area contributed by atoms with Crippen LogP contribution in [0.5, 0.6) is 0 Å². The molecule has 1 aliphatic rings. The first-order valence-electron chi connectivity index (χ1n) is 6.80. The van der Waals surface area contributed by atoms with Gasteiger partial charge in [0.15, 0.2) is 0 Å². The van der Waals surface area contributed by atoms with Crippen molar-refractivity contribution in [1.29, 1.82) is 0 Å². The summed E-state index contributed by atoms with van der Waals surface area (Å²) in [5.74, 6) is 0.0740. The predicted octanol–water partition coefficient (Wildman–Crippen LogP) is 0.946. The summed E-state index contributed by atoms with van der Waals surface area (Å²) in [6.45, 7) is 1.34. The Balaban J connectivity index is 2.68. The third-order valence-corrected chi connectivity index (χ3v) is 5.35. The quantitative estimate of drug-likeness (QED) is 0.717. The Bertz CT molecular complexity index is 313. The highest BCUT2D eigenvalue weighted by molar-refractivity contribution is 7.89. The second-order valence-corrected chi connectivity index (χ2v) is 6.89. The fourth-order valence-electron chi connectivity index (χ4n) is 2.47. The average molecular weight is 278 g/mol. The molecule has 0 amide bonds. The molecular formula is C12H26N2O3S. The maximum Gasteiger partial charge on any atom is 0.216 e. The van der Waals surface area contributed by atoms with Gasteiger partial charge in [-0.05, 0) is 25.8 Å². The molecule has 0 aromatic rings. The van der Waals surface area contributed by atoms with Crippen LogP contribution in [0.25, 0.3) is 0 Å². The van der Waals surface area contributed by atoms with Gasteiger partial charge in [0.1, 0.15) is 0 Å². The first-order chi connectivity index (χ1) is 8.61. The molecule has 0 radical (unpaired) electrons. The van der Waals surface area contributed by atoms with Crippen LogP contribution in [0.4, 0.5) is 0 Å². The lowest BCUT2D eigenvalue weighted by molar-refractivity contribution is 0.210. The zero-order valence-corrected chi connectivity index (χ0v) is 12.1. The van der Waals surface area contributed by atoms with Crippen LogP contribution in [0.3, 0.4) is 0 Å². The van der Waals surface area contributed by atoms with E-state index in [1.165, 1.54) is 13.5 Å². The summed E-state index contributed by atoms with van der Waals surface area (Å²) in [5, 5.41) is 0. The summed E-state index contributed by atoms with van der Waals surface area (Å²) < 4.78 is 31.2. The van der Waals surface area contributed by atoms with Crippen molar-refractivity contribution >= 4 is 10.0 Å². The summed E-state index contributed by atoms with van der Waals surface area (Å²) in [7, 11) is -1.68. The smallest absolute Gasteiger partial charge is 0.216 e. The van der Waals surface area contributed by atoms with Gasteiger partial charge in [-0.1, -0.05) is 19.3 Å². The van der Waals surface area contributed by atoms with E-state index in [-0.39, 0.29) is 18.4 Å². The molecule has 0 aliphatic heterocycles. The lowest BCUT2D eigenvalue weighted by Gasteiger charge is -2.33. The maximum atomic E-state index is 12.3. The second kappa shape index (κ2) is 8.09. The standard InChI is InChI=1S/C12H26N2O3S/c1-17-10-11-18(15,16)14(9-5-8-13)12-6-3-2-4-7-12/h12H,2-11,13H2,1H3. The molecule has 0 spiro atoms. The fraction of sp³-hybridized carbons (Fsp3) is 1.00. The van der Waals surface area contributed by atoms with Crippen LogP contribution < -0.4 is 5.73 Å². The van der Waals surface area contributed by atoms with Gasteiger partial charge in [0.05, 0.1) is 12.4 Å². The summed E-state index contributed by atoms with van der Waals surface area (Å²) in [6.07, 6.45) is 6.17. The van der Waals surface area contributed by atoms with Crippen molar-refractivity contribution in [3.8, 4) is 0 Å². The Morgan fingerprint density at radius 1 is 1.28 bits per heavy atom. The van der Waals surface area contributed by atoms with Gasteiger partial charge >= 0.3 is 0 Å². The van der Waals surface area contributed by atoms with Gasteiger partial charge < -0.3 is 10.5 Å². The second-order valence-electron chi connectivity index (χ2n) is 4.85. The van der Waals surface area contributed by atoms with E-state index >= 15 is 0 Å². The first kappa shape index (κ1) is 15.9. The van der Waals surface area contributed by atoms with Gasteiger partial charge in [0.25, 0.3) is 0 Å². The molecule has 6 heteroatoms. The molecule has 0 aromatic heterocycles. The Morgan fingerprint density at radius 3 is 2.50 bits per heavy atom. The van der Waals surface area contributed by atoms with E-state index in [0.717, 1.165) is 32.1 Å². The first-order valence-corrected chi connectivity index (χ1v) is 8.41. The van der Waals surface area contributed by atoms with Crippen LogP contribution in [0.15, 0.2) is 0 Å². The van der Waals surface area contributed by atoms with Crippen molar-refractivity contribution in [2.75, 3.05) is 32.6 Å². The number of hydrogen-bond donors (Lipinski definition) is 1. The number of sulfonamides is 1. The monoisotopic (exact) mass is 278 g/mol. The molecule has 1 saturated carbocycles. The van der Waals surface area contributed by atoms with Crippen molar-refractivity contribution in [3.05, 3.63) is 0 Å². The summed E-state index contributed by atoms with van der Waals surface area (Å²) in [6, 6.07) is 0.173. The van der Waals surface area contributed by atoms with Crippen LogP contribution in [-0.2, 0) is 14.8 Å². The Hall–Kier alpha value is -0.170. The van der Waals surface area contributed by atoms with E-state index in [9.17, 15) is 8.42 Å². The summed E-state index contributed by atoms with van der Waals surface area (Å²) in [5.41, 5.74) is 5.50. The highest BCUT2D eigenvalue weighted by Gasteiger charge is 2.30. The number of ether oxygens (including phenoxy) is 1. The maximum absolute atomic E-state index is 12.3. The average Bonchev–Trinajstić information content (AvgIpc) is 2.38. The predicted molar refractivity (Wildman–Crippen MR) is 72.9 cm³/mol. The van der Waals surface area contributed by atoms with Crippen molar-refractivity contribution in [2.45, 2.75) is 44.6 Å². The van der Waals surface area contributed by atoms with E-state index in [1.54, 1.807) is 4.31 Å². The molecule has 1 fully saturated rings. The molecule has 2 N–H and O–H groups in total. The molecule has 0 heterocycles. The molecule has 18 heavy (non-hydrogen) atoms. The number of methoxy groups -OCH3 is 1. The molecule has 0 aromatic carbocycles. The Morgan fingerprint density at radius 2 is 1.94 bits per heavy atom. The van der Waals surface area contributed by atoms with Crippen LogP contribution in [0.1, 0.15) is 38.5 Å². The van der Waals surface area contributed by atoms with Crippen LogP contribution >= 0.6 is 0 Å². The minimum absolute atomic E-state index is 0.0740. The van der Waals surface area contributed by atoms with Gasteiger partial charge in [0.2, 0.25) is 10.0 Å². The van der Waals surface area contributed by atoms with Gasteiger partial charge in [-0.2, -0.15) is 4.31 Å². The van der Waals surface area contributed by atoms with Crippen molar-refractivity contribution in [1.82, 2.24) is 4.31 Å². The minimum Gasteiger partial charge on any atom is -0.384 e. The largest absolute Gasteiger partial charge is 0.384 e. The van der Waals surface area contributed by atoms with Gasteiger partial charge in [-0.25, -0.2) is 8.42 Å². The summed E-state index contributed by atoms with van der Waals surface area (Å²) in [4.78, 5) is 0. The van der Waals surface area contributed by atoms with Crippen molar-refractivity contribution < 1.29 is 13.2 Å². The SMILES string of the molecule is COCCS(=O)(=O)N(CCCN)C1CCCCC1. The van der Waals surface area contributed by atoms with Crippen LogP contribution in [0, 0.1) is 0 Å². The number of hydrogen-bond acceptors (Lipinski definition) is 4. The molecule has 108 valence electrons. The minimum atomic E-state index is -3.20. The van der Waals surface area contributed by atoms with Crippen LogP contribution in [0.2, 0.25) is 0 Å². The number of rotatable bonds is 8. The molecular weight excluding hydrogens is 252 g/mol. The van der Waals surface area contributed by atoms with Gasteiger partial charge in [-0.15, -0.1) is 0 Å². The lowest BCUT2D eigenvalue weighted by Crippen LogP contribution is -2.44. The molecule has 1 rings (SSSR count). The summed E-state index contributed by atoms with van der Waals surface area (Å²) >= 11 is 0. The third-order valence-electron chi connectivity index (χ3n) is 3.47. The molecule has 1 aliphatic carbocycles. The number of nitrogens with zero attached hydrogens (tertiary/aromatic N) is 1. The van der Waals surface area contributed by atoms with E-state index in [4.69, 9.17) is 10.5 Å². The zero-order valence-electron chi connectivity index (χ0n) is 11.3. The van der Waals surface area contributed by atoms with E-state index in [0.29, 0.717) is 13.1 Å². The van der Waals surface area contributed by atoms with Crippen LogP contribution in [-0.4, -0.2) is 51.3 Å². The molecule has 5 nitrogen and oxygen atoms in total. The van der Waals surface area contributed by atoms with Gasteiger partial charge in [0, 0.05) is 19.7 Å². The van der Waals surface area contributed by atoms with E-state index < -0.39 is 10.0 Å². The van der Waals surface area contributed by atoms with Crippen molar-refractivity contribution in [3.63, 3.8) is 0 Å². The molecule has 0 saturated heterocycles. The highest BCUT2D eigenvalue weighted by Crippen LogP contribution is 2.25. The van der Waals surface area contributed by atoms with E-state index in [1.807, 2.05) is 0 Å². The Kier molecular flexibility index (Phi) is 7.14. The van der Waals surface area contributed by atoms with E-state index in [2.05, 4.69) is 0 Å². The van der Waals surface area contributed by atoms with Gasteiger partial charge in [-0.3, -0.25) is 0 Å². The lowest BCUT2D eigenvalue weighted by atomic mass is 9.95. The fourth-order valence-corrected chi connectivity index (χ4v) is 4.15. The molecule has 0 atom stereocenters.